The molecule has 1 aliphatic rings. The van der Waals surface area contributed by atoms with E-state index in [0.29, 0.717) is 19.6 Å². The molecule has 2 rings (SSSR count). The highest BCUT2D eigenvalue weighted by atomic mass is 16.7. The third-order valence-corrected chi connectivity index (χ3v) is 2.96. The number of nitrogens with zero attached hydrogens (tertiary/aromatic N) is 1. The molecule has 0 spiro atoms. The second kappa shape index (κ2) is 7.78. The fourth-order valence-electron chi connectivity index (χ4n) is 1.93. The average molecular weight is 261 g/mol. The lowest BCUT2D eigenvalue weighted by atomic mass is 10.2. The molecule has 1 heterocycles. The summed E-state index contributed by atoms with van der Waals surface area (Å²) in [6.07, 6.45) is 3.57. The summed E-state index contributed by atoms with van der Waals surface area (Å²) in [5, 5.41) is 8.40. The van der Waals surface area contributed by atoms with Gasteiger partial charge in [-0.2, -0.15) is 5.26 Å². The molecule has 102 valence electrons. The van der Waals surface area contributed by atoms with E-state index in [1.807, 2.05) is 30.3 Å². The van der Waals surface area contributed by atoms with Gasteiger partial charge in [0.05, 0.1) is 32.3 Å². The Labute approximate surface area is 113 Å². The lowest BCUT2D eigenvalue weighted by Gasteiger charge is -2.23. The molecule has 1 aromatic carbocycles. The molecular weight excluding hydrogens is 242 g/mol. The van der Waals surface area contributed by atoms with Gasteiger partial charge >= 0.3 is 0 Å². The summed E-state index contributed by atoms with van der Waals surface area (Å²) >= 11 is 0. The van der Waals surface area contributed by atoms with Gasteiger partial charge < -0.3 is 14.2 Å². The Balaban J connectivity index is 1.76. The highest BCUT2D eigenvalue weighted by Gasteiger charge is 2.14. The third-order valence-electron chi connectivity index (χ3n) is 2.96. The van der Waals surface area contributed by atoms with Gasteiger partial charge in [-0.05, 0) is 30.5 Å². The second-order valence-corrected chi connectivity index (χ2v) is 4.52. The maximum Gasteiger partial charge on any atom is 0.199 e. The van der Waals surface area contributed by atoms with E-state index in [9.17, 15) is 0 Å². The number of hydrogen-bond donors (Lipinski definition) is 0. The minimum atomic E-state index is -0.105. The van der Waals surface area contributed by atoms with Gasteiger partial charge in [0, 0.05) is 6.42 Å². The molecule has 0 aliphatic carbocycles. The molecular formula is C15H19NO3. The predicted molar refractivity (Wildman–Crippen MR) is 70.5 cm³/mol. The summed E-state index contributed by atoms with van der Waals surface area (Å²) in [6.45, 7) is 1.79. The summed E-state index contributed by atoms with van der Waals surface area (Å²) < 4.78 is 16.6. The van der Waals surface area contributed by atoms with Gasteiger partial charge in [-0.25, -0.2) is 0 Å². The van der Waals surface area contributed by atoms with Crippen LogP contribution < -0.4 is 4.74 Å². The van der Waals surface area contributed by atoms with Crippen LogP contribution in [0.15, 0.2) is 24.3 Å². The number of ether oxygens (including phenoxy) is 3. The molecule has 1 aromatic rings. The van der Waals surface area contributed by atoms with Crippen LogP contribution >= 0.6 is 0 Å². The third kappa shape index (κ3) is 4.90. The first-order valence-corrected chi connectivity index (χ1v) is 6.70. The van der Waals surface area contributed by atoms with Crippen molar-refractivity contribution in [1.29, 1.82) is 5.26 Å². The lowest BCUT2D eigenvalue weighted by Crippen LogP contribution is -2.24. The maximum absolute atomic E-state index is 8.40. The van der Waals surface area contributed by atoms with Crippen LogP contribution in [0.1, 0.15) is 31.2 Å². The van der Waals surface area contributed by atoms with Crippen molar-refractivity contribution >= 4 is 0 Å². The zero-order chi connectivity index (χ0) is 13.3. The number of benzene rings is 1. The van der Waals surface area contributed by atoms with Crippen molar-refractivity contribution in [2.24, 2.45) is 0 Å². The monoisotopic (exact) mass is 261 g/mol. The van der Waals surface area contributed by atoms with E-state index in [0.717, 1.165) is 37.2 Å². The van der Waals surface area contributed by atoms with Gasteiger partial charge in [-0.3, -0.25) is 0 Å². The van der Waals surface area contributed by atoms with Gasteiger partial charge in [0.2, 0.25) is 0 Å². The van der Waals surface area contributed by atoms with E-state index in [2.05, 4.69) is 0 Å². The topological polar surface area (TPSA) is 51.5 Å². The van der Waals surface area contributed by atoms with Crippen LogP contribution in [0.5, 0.6) is 5.75 Å². The quantitative estimate of drug-likeness (QED) is 0.739. The molecule has 1 fully saturated rings. The van der Waals surface area contributed by atoms with Gasteiger partial charge in [0.25, 0.3) is 0 Å². The zero-order valence-electron chi connectivity index (χ0n) is 11.0. The Morgan fingerprint density at radius 3 is 2.79 bits per heavy atom. The Kier molecular flexibility index (Phi) is 5.67. The summed E-state index contributed by atoms with van der Waals surface area (Å²) in [5.41, 5.74) is 1.08. The zero-order valence-corrected chi connectivity index (χ0v) is 11.0. The molecule has 0 radical (unpaired) electrons. The minimum absolute atomic E-state index is 0.105. The molecule has 4 heteroatoms. The van der Waals surface area contributed by atoms with Crippen LogP contribution in [0.2, 0.25) is 0 Å². The SMILES string of the molecule is N#CCCOCc1ccc(O[C@H]2CCCCO2)cc1. The van der Waals surface area contributed by atoms with Crippen LogP contribution in [0.3, 0.4) is 0 Å². The number of nitriles is 1. The van der Waals surface area contributed by atoms with Crippen LogP contribution in [0, 0.1) is 11.3 Å². The van der Waals surface area contributed by atoms with E-state index < -0.39 is 0 Å². The summed E-state index contributed by atoms with van der Waals surface area (Å²) in [7, 11) is 0. The van der Waals surface area contributed by atoms with Crippen LogP contribution in [-0.4, -0.2) is 19.5 Å². The molecule has 0 aromatic heterocycles. The second-order valence-electron chi connectivity index (χ2n) is 4.52. The van der Waals surface area contributed by atoms with Crippen molar-refractivity contribution in [3.05, 3.63) is 29.8 Å². The molecule has 1 saturated heterocycles. The van der Waals surface area contributed by atoms with E-state index in [-0.39, 0.29) is 6.29 Å². The highest BCUT2D eigenvalue weighted by Crippen LogP contribution is 2.19. The van der Waals surface area contributed by atoms with E-state index >= 15 is 0 Å². The van der Waals surface area contributed by atoms with Gasteiger partial charge in [-0.1, -0.05) is 12.1 Å². The summed E-state index contributed by atoms with van der Waals surface area (Å²) in [6, 6.07) is 9.87. The summed E-state index contributed by atoms with van der Waals surface area (Å²) in [5.74, 6) is 0.827. The van der Waals surface area contributed by atoms with Crippen molar-refractivity contribution < 1.29 is 14.2 Å². The molecule has 4 nitrogen and oxygen atoms in total. The van der Waals surface area contributed by atoms with E-state index in [1.54, 1.807) is 0 Å². The molecule has 19 heavy (non-hydrogen) atoms. The Bertz CT molecular complexity index is 404. The normalized spacial score (nSPS) is 18.8. The fourth-order valence-corrected chi connectivity index (χ4v) is 1.93. The molecule has 0 unspecified atom stereocenters. The average Bonchev–Trinajstić information content (AvgIpc) is 2.46. The lowest BCUT2D eigenvalue weighted by molar-refractivity contribution is -0.105. The van der Waals surface area contributed by atoms with E-state index in [1.165, 1.54) is 0 Å². The Morgan fingerprint density at radius 1 is 1.26 bits per heavy atom. The van der Waals surface area contributed by atoms with Gasteiger partial charge in [0.1, 0.15) is 5.75 Å². The maximum atomic E-state index is 8.40. The smallest absolute Gasteiger partial charge is 0.199 e. The minimum Gasteiger partial charge on any atom is -0.465 e. The first-order valence-electron chi connectivity index (χ1n) is 6.70. The Hall–Kier alpha value is -1.57. The first kappa shape index (κ1) is 13.9. The molecule has 0 N–H and O–H groups in total. The molecule has 0 amide bonds. The van der Waals surface area contributed by atoms with Crippen molar-refractivity contribution in [2.75, 3.05) is 13.2 Å². The van der Waals surface area contributed by atoms with E-state index in [4.69, 9.17) is 19.5 Å². The Morgan fingerprint density at radius 2 is 2.11 bits per heavy atom. The van der Waals surface area contributed by atoms with Crippen molar-refractivity contribution in [3.63, 3.8) is 0 Å². The van der Waals surface area contributed by atoms with Gasteiger partial charge in [-0.15, -0.1) is 0 Å². The fraction of sp³-hybridized carbons (Fsp3) is 0.533. The molecule has 0 saturated carbocycles. The van der Waals surface area contributed by atoms with Gasteiger partial charge in [0.15, 0.2) is 6.29 Å². The number of rotatable bonds is 6. The molecule has 1 atom stereocenters. The van der Waals surface area contributed by atoms with Crippen molar-refractivity contribution in [2.45, 2.75) is 38.6 Å². The molecule has 1 aliphatic heterocycles. The van der Waals surface area contributed by atoms with Crippen LogP contribution in [0.25, 0.3) is 0 Å². The highest BCUT2D eigenvalue weighted by molar-refractivity contribution is 5.27. The standard InChI is InChI=1S/C15H19NO3/c16-9-3-10-17-12-13-5-7-14(8-6-13)19-15-4-1-2-11-18-15/h5-8,15H,1-4,10-12H2/t15-/m0/s1. The molecule has 0 bridgehead atoms. The first-order chi connectivity index (χ1) is 9.38. The summed E-state index contributed by atoms with van der Waals surface area (Å²) in [4.78, 5) is 0. The van der Waals surface area contributed by atoms with Crippen LogP contribution in [0.4, 0.5) is 0 Å². The predicted octanol–water partition coefficient (Wildman–Crippen LogP) is 3.02. The van der Waals surface area contributed by atoms with Crippen molar-refractivity contribution in [1.82, 2.24) is 0 Å². The van der Waals surface area contributed by atoms with Crippen LogP contribution in [-0.2, 0) is 16.1 Å². The largest absolute Gasteiger partial charge is 0.465 e. The number of hydrogen-bond acceptors (Lipinski definition) is 4. The van der Waals surface area contributed by atoms with Crippen molar-refractivity contribution in [3.8, 4) is 11.8 Å².